The molecule has 1 rings (SSSR count). The quantitative estimate of drug-likeness (QED) is 0.736. The van der Waals surface area contributed by atoms with Gasteiger partial charge in [0.1, 0.15) is 6.04 Å². The lowest BCUT2D eigenvalue weighted by atomic mass is 9.90. The van der Waals surface area contributed by atoms with E-state index in [2.05, 4.69) is 0 Å². The molecule has 1 aliphatic heterocycles. The van der Waals surface area contributed by atoms with Gasteiger partial charge in [-0.2, -0.15) is 17.5 Å². The lowest BCUT2D eigenvalue weighted by Crippen LogP contribution is -2.56. The van der Waals surface area contributed by atoms with E-state index in [1.54, 1.807) is 6.92 Å². The average molecular weight is 333 g/mol. The highest BCUT2D eigenvalue weighted by molar-refractivity contribution is 7.89. The molecule has 0 bridgehead atoms. The summed E-state index contributed by atoms with van der Waals surface area (Å²) in [5.41, 5.74) is 0. The number of carboxylic acid groups (broad SMARTS) is 1. The van der Waals surface area contributed by atoms with Crippen molar-refractivity contribution in [2.45, 2.75) is 32.0 Å². The van der Waals surface area contributed by atoms with Gasteiger partial charge in [0.15, 0.2) is 0 Å². The minimum Gasteiger partial charge on any atom is -0.480 e. The van der Waals surface area contributed by atoms with Crippen LogP contribution in [0, 0.1) is 5.92 Å². The van der Waals surface area contributed by atoms with Crippen LogP contribution in [0.1, 0.15) is 19.8 Å². The van der Waals surface area contributed by atoms with Crippen molar-refractivity contribution >= 4 is 16.0 Å². The highest BCUT2D eigenvalue weighted by Crippen LogP contribution is 2.38. The van der Waals surface area contributed by atoms with Crippen molar-refractivity contribution in [3.05, 3.63) is 0 Å². The standard InChI is InChI=1S/C11H18F3NO5S/c1-2-20-6-7-21(18,19)15-5-3-4-8(11(12,13)14)9(15)10(16)17/h8-9H,2-7H2,1H3,(H,16,17)/t8-,9+/m0/s1. The van der Waals surface area contributed by atoms with E-state index in [1.807, 2.05) is 0 Å². The fourth-order valence-corrected chi connectivity index (χ4v) is 3.89. The molecule has 0 aromatic carbocycles. The Morgan fingerprint density at radius 1 is 1.43 bits per heavy atom. The average Bonchev–Trinajstić information content (AvgIpc) is 2.37. The number of hydrogen-bond donors (Lipinski definition) is 1. The third kappa shape index (κ3) is 4.55. The first-order valence-corrected chi connectivity index (χ1v) is 8.09. The van der Waals surface area contributed by atoms with Crippen LogP contribution in [-0.4, -0.2) is 61.5 Å². The van der Waals surface area contributed by atoms with Crippen molar-refractivity contribution in [1.82, 2.24) is 4.31 Å². The van der Waals surface area contributed by atoms with Crippen LogP contribution in [0.25, 0.3) is 0 Å². The van der Waals surface area contributed by atoms with Gasteiger partial charge in [0.2, 0.25) is 10.0 Å². The summed E-state index contributed by atoms with van der Waals surface area (Å²) in [6.45, 7) is 1.51. The fourth-order valence-electron chi connectivity index (χ4n) is 2.34. The molecule has 0 spiro atoms. The van der Waals surface area contributed by atoms with E-state index in [9.17, 15) is 26.4 Å². The number of ether oxygens (including phenoxy) is 1. The summed E-state index contributed by atoms with van der Waals surface area (Å²) in [4.78, 5) is 11.2. The topological polar surface area (TPSA) is 83.9 Å². The molecule has 0 saturated carbocycles. The second-order valence-electron chi connectivity index (χ2n) is 4.70. The van der Waals surface area contributed by atoms with Crippen molar-refractivity contribution in [1.29, 1.82) is 0 Å². The summed E-state index contributed by atoms with van der Waals surface area (Å²) in [5, 5.41) is 9.04. The van der Waals surface area contributed by atoms with Gasteiger partial charge in [0.25, 0.3) is 0 Å². The Morgan fingerprint density at radius 2 is 2.05 bits per heavy atom. The minimum absolute atomic E-state index is 0.0260. The second kappa shape index (κ2) is 6.93. The molecule has 0 aromatic heterocycles. The first-order chi connectivity index (χ1) is 9.61. The van der Waals surface area contributed by atoms with Crippen LogP contribution in [0.2, 0.25) is 0 Å². The maximum atomic E-state index is 12.9. The number of nitrogens with zero attached hydrogens (tertiary/aromatic N) is 1. The second-order valence-corrected chi connectivity index (χ2v) is 6.74. The fraction of sp³-hybridized carbons (Fsp3) is 0.909. The summed E-state index contributed by atoms with van der Waals surface area (Å²) in [6, 6.07) is -2.11. The zero-order valence-electron chi connectivity index (χ0n) is 11.5. The van der Waals surface area contributed by atoms with Gasteiger partial charge in [0.05, 0.1) is 18.3 Å². The molecule has 1 heterocycles. The van der Waals surface area contributed by atoms with Crippen LogP contribution in [0.3, 0.4) is 0 Å². The van der Waals surface area contributed by atoms with E-state index >= 15 is 0 Å². The predicted molar refractivity (Wildman–Crippen MR) is 67.2 cm³/mol. The Labute approximate surface area is 120 Å². The zero-order chi connectivity index (χ0) is 16.3. The van der Waals surface area contributed by atoms with Gasteiger partial charge >= 0.3 is 12.1 Å². The Hall–Kier alpha value is -0.870. The Bertz CT molecular complexity index is 465. The molecule has 1 saturated heterocycles. The molecule has 1 fully saturated rings. The molecule has 0 amide bonds. The van der Waals surface area contributed by atoms with Gasteiger partial charge < -0.3 is 9.84 Å². The molecule has 124 valence electrons. The van der Waals surface area contributed by atoms with E-state index in [0.717, 1.165) is 0 Å². The number of rotatable bonds is 6. The SMILES string of the molecule is CCOCCS(=O)(=O)N1CCC[C@H](C(F)(F)F)[C@@H]1C(=O)O. The van der Waals surface area contributed by atoms with Gasteiger partial charge in [-0.3, -0.25) is 4.79 Å². The molecule has 2 atom stereocenters. The Kier molecular flexibility index (Phi) is 6.00. The van der Waals surface area contributed by atoms with Gasteiger partial charge in [-0.25, -0.2) is 8.42 Å². The summed E-state index contributed by atoms with van der Waals surface area (Å²) in [6.07, 6.45) is -5.17. The van der Waals surface area contributed by atoms with E-state index in [-0.39, 0.29) is 26.2 Å². The first kappa shape index (κ1) is 18.2. The highest BCUT2D eigenvalue weighted by Gasteiger charge is 2.53. The van der Waals surface area contributed by atoms with Crippen molar-refractivity contribution in [2.24, 2.45) is 5.92 Å². The van der Waals surface area contributed by atoms with Crippen LogP contribution < -0.4 is 0 Å². The molecular weight excluding hydrogens is 315 g/mol. The number of sulfonamides is 1. The van der Waals surface area contributed by atoms with Crippen molar-refractivity contribution < 1.29 is 36.2 Å². The van der Waals surface area contributed by atoms with E-state index in [4.69, 9.17) is 9.84 Å². The maximum absolute atomic E-state index is 12.9. The Morgan fingerprint density at radius 3 is 2.52 bits per heavy atom. The van der Waals surface area contributed by atoms with Gasteiger partial charge in [-0.1, -0.05) is 0 Å². The minimum atomic E-state index is -4.75. The number of halogens is 3. The maximum Gasteiger partial charge on any atom is 0.393 e. The van der Waals surface area contributed by atoms with Gasteiger partial charge in [-0.15, -0.1) is 0 Å². The molecule has 0 radical (unpaired) electrons. The molecule has 21 heavy (non-hydrogen) atoms. The number of carboxylic acids is 1. The third-order valence-electron chi connectivity index (χ3n) is 3.31. The molecule has 1 aliphatic rings. The summed E-state index contributed by atoms with van der Waals surface area (Å²) in [7, 11) is -4.12. The van der Waals surface area contributed by atoms with Gasteiger partial charge in [0, 0.05) is 13.2 Å². The van der Waals surface area contributed by atoms with Gasteiger partial charge in [-0.05, 0) is 19.8 Å². The predicted octanol–water partition coefficient (Wildman–Crippen LogP) is 1.08. The van der Waals surface area contributed by atoms with Crippen molar-refractivity contribution in [3.63, 3.8) is 0 Å². The van der Waals surface area contributed by atoms with E-state index in [1.165, 1.54) is 0 Å². The monoisotopic (exact) mass is 333 g/mol. The van der Waals surface area contributed by atoms with Crippen molar-refractivity contribution in [2.75, 3.05) is 25.5 Å². The first-order valence-electron chi connectivity index (χ1n) is 6.48. The third-order valence-corrected chi connectivity index (χ3v) is 5.11. The molecule has 1 N–H and O–H groups in total. The molecule has 6 nitrogen and oxygen atoms in total. The Balaban J connectivity index is 3.00. The summed E-state index contributed by atoms with van der Waals surface area (Å²) in [5.74, 6) is -4.50. The number of carbonyl (C=O) groups is 1. The lowest BCUT2D eigenvalue weighted by molar-refractivity contribution is -0.201. The molecule has 10 heteroatoms. The lowest BCUT2D eigenvalue weighted by Gasteiger charge is -2.38. The van der Waals surface area contributed by atoms with E-state index in [0.29, 0.717) is 4.31 Å². The number of alkyl halides is 3. The largest absolute Gasteiger partial charge is 0.480 e. The molecule has 0 aliphatic carbocycles. The van der Waals surface area contributed by atoms with E-state index < -0.39 is 46.3 Å². The van der Waals surface area contributed by atoms with Crippen molar-refractivity contribution in [3.8, 4) is 0 Å². The molecular formula is C11H18F3NO5S. The van der Waals surface area contributed by atoms with Crippen LogP contribution >= 0.6 is 0 Å². The van der Waals surface area contributed by atoms with Crippen LogP contribution in [0.5, 0.6) is 0 Å². The number of piperidine rings is 1. The number of hydrogen-bond acceptors (Lipinski definition) is 4. The van der Waals surface area contributed by atoms with Crippen LogP contribution in [0.15, 0.2) is 0 Å². The van der Waals surface area contributed by atoms with Crippen LogP contribution in [-0.2, 0) is 19.6 Å². The molecule has 0 aromatic rings. The molecule has 0 unspecified atom stereocenters. The normalized spacial score (nSPS) is 25.0. The smallest absolute Gasteiger partial charge is 0.393 e. The zero-order valence-corrected chi connectivity index (χ0v) is 12.3. The summed E-state index contributed by atoms with van der Waals surface area (Å²) >= 11 is 0. The van der Waals surface area contributed by atoms with Crippen LogP contribution in [0.4, 0.5) is 13.2 Å². The highest BCUT2D eigenvalue weighted by atomic mass is 32.2. The number of aliphatic carboxylic acids is 1. The summed E-state index contributed by atoms with van der Waals surface area (Å²) < 4.78 is 68.2.